The number of rotatable bonds is 1. The van der Waals surface area contributed by atoms with Crippen LogP contribution in [0.3, 0.4) is 0 Å². The molecule has 1 fully saturated rings. The number of nitrogens with zero attached hydrogens (tertiary/aromatic N) is 2. The third-order valence-corrected chi connectivity index (χ3v) is 2.59. The second-order valence-electron chi connectivity index (χ2n) is 3.27. The average molecular weight is 234 g/mol. The Morgan fingerprint density at radius 3 is 2.71 bits per heavy atom. The Hall–Kier alpha value is -0.380. The van der Waals surface area contributed by atoms with Gasteiger partial charge in [0.1, 0.15) is 0 Å². The normalized spacial score (nSPS) is 17.5. The SMILES string of the molecule is Cl.Clc1nccc(C2CCNCC2)n1. The zero-order chi connectivity index (χ0) is 9.10. The molecule has 1 N–H and O–H groups in total. The summed E-state index contributed by atoms with van der Waals surface area (Å²) in [5, 5.41) is 3.68. The first-order chi connectivity index (χ1) is 6.36. The Labute approximate surface area is 94.7 Å². The number of halogens is 2. The van der Waals surface area contributed by atoms with Gasteiger partial charge in [-0.15, -0.1) is 12.4 Å². The lowest BCUT2D eigenvalue weighted by molar-refractivity contribution is 0.453. The van der Waals surface area contributed by atoms with Gasteiger partial charge in [0, 0.05) is 17.8 Å². The Bertz CT molecular complexity index is 287. The molecule has 0 aromatic carbocycles. The van der Waals surface area contributed by atoms with Crippen molar-refractivity contribution in [3.05, 3.63) is 23.2 Å². The van der Waals surface area contributed by atoms with E-state index in [1.807, 2.05) is 6.07 Å². The second kappa shape index (κ2) is 5.49. The van der Waals surface area contributed by atoms with Gasteiger partial charge in [-0.05, 0) is 43.6 Å². The zero-order valence-electron chi connectivity index (χ0n) is 7.74. The van der Waals surface area contributed by atoms with Crippen molar-refractivity contribution in [2.45, 2.75) is 18.8 Å². The number of nitrogens with one attached hydrogen (secondary N) is 1. The largest absolute Gasteiger partial charge is 0.317 e. The quantitative estimate of drug-likeness (QED) is 0.755. The highest BCUT2D eigenvalue weighted by molar-refractivity contribution is 6.28. The first kappa shape index (κ1) is 11.7. The first-order valence-electron chi connectivity index (χ1n) is 4.55. The predicted octanol–water partition coefficient (Wildman–Crippen LogP) is 2.02. The molecule has 0 radical (unpaired) electrons. The molecule has 5 heteroatoms. The van der Waals surface area contributed by atoms with Crippen molar-refractivity contribution >= 4 is 24.0 Å². The smallest absolute Gasteiger partial charge is 0.222 e. The summed E-state index contributed by atoms with van der Waals surface area (Å²) in [4.78, 5) is 8.10. The van der Waals surface area contributed by atoms with Crippen molar-refractivity contribution in [2.75, 3.05) is 13.1 Å². The summed E-state index contributed by atoms with van der Waals surface area (Å²) in [5.74, 6) is 0.557. The molecule has 0 atom stereocenters. The lowest BCUT2D eigenvalue weighted by Crippen LogP contribution is -2.27. The molecule has 14 heavy (non-hydrogen) atoms. The van der Waals surface area contributed by atoms with E-state index in [0.29, 0.717) is 11.2 Å². The van der Waals surface area contributed by atoms with Gasteiger partial charge in [0.2, 0.25) is 5.28 Å². The van der Waals surface area contributed by atoms with Crippen molar-refractivity contribution in [3.63, 3.8) is 0 Å². The van der Waals surface area contributed by atoms with E-state index in [1.165, 1.54) is 0 Å². The molecule has 2 heterocycles. The molecule has 0 spiro atoms. The van der Waals surface area contributed by atoms with E-state index >= 15 is 0 Å². The monoisotopic (exact) mass is 233 g/mol. The highest BCUT2D eigenvalue weighted by Gasteiger charge is 2.16. The fourth-order valence-electron chi connectivity index (χ4n) is 1.69. The molecule has 1 aromatic heterocycles. The molecule has 1 saturated heterocycles. The summed E-state index contributed by atoms with van der Waals surface area (Å²) in [6.45, 7) is 2.15. The topological polar surface area (TPSA) is 37.8 Å². The number of hydrogen-bond donors (Lipinski definition) is 1. The Kier molecular flexibility index (Phi) is 4.58. The van der Waals surface area contributed by atoms with Crippen molar-refractivity contribution in [2.24, 2.45) is 0 Å². The molecule has 0 bridgehead atoms. The van der Waals surface area contributed by atoms with Gasteiger partial charge in [0.05, 0.1) is 0 Å². The summed E-state index contributed by atoms with van der Waals surface area (Å²) < 4.78 is 0. The molecular weight excluding hydrogens is 221 g/mol. The highest BCUT2D eigenvalue weighted by Crippen LogP contribution is 2.23. The minimum absolute atomic E-state index is 0. The van der Waals surface area contributed by atoms with Crippen LogP contribution in [0, 0.1) is 0 Å². The molecule has 0 aliphatic carbocycles. The van der Waals surface area contributed by atoms with Crippen molar-refractivity contribution in [1.82, 2.24) is 15.3 Å². The van der Waals surface area contributed by atoms with Gasteiger partial charge in [0.15, 0.2) is 0 Å². The zero-order valence-corrected chi connectivity index (χ0v) is 9.31. The van der Waals surface area contributed by atoms with Crippen LogP contribution in [0.25, 0.3) is 0 Å². The maximum absolute atomic E-state index is 5.73. The van der Waals surface area contributed by atoms with Crippen LogP contribution in [0.2, 0.25) is 5.28 Å². The lowest BCUT2D eigenvalue weighted by Gasteiger charge is -2.21. The summed E-state index contributed by atoms with van der Waals surface area (Å²) in [5.41, 5.74) is 1.08. The summed E-state index contributed by atoms with van der Waals surface area (Å²) in [6.07, 6.45) is 4.02. The van der Waals surface area contributed by atoms with Crippen LogP contribution in [0.1, 0.15) is 24.5 Å². The van der Waals surface area contributed by atoms with Crippen LogP contribution in [-0.2, 0) is 0 Å². The Morgan fingerprint density at radius 1 is 1.36 bits per heavy atom. The molecule has 0 saturated carbocycles. The van der Waals surface area contributed by atoms with Crippen LogP contribution in [-0.4, -0.2) is 23.1 Å². The van der Waals surface area contributed by atoms with Gasteiger partial charge < -0.3 is 5.32 Å². The maximum atomic E-state index is 5.73. The van der Waals surface area contributed by atoms with Gasteiger partial charge in [-0.1, -0.05) is 0 Å². The van der Waals surface area contributed by atoms with Crippen molar-refractivity contribution in [3.8, 4) is 0 Å². The van der Waals surface area contributed by atoms with Crippen molar-refractivity contribution in [1.29, 1.82) is 0 Å². The van der Waals surface area contributed by atoms with Gasteiger partial charge in [-0.2, -0.15) is 0 Å². The molecule has 1 aliphatic rings. The van der Waals surface area contributed by atoms with Crippen LogP contribution in [0.15, 0.2) is 12.3 Å². The third kappa shape index (κ3) is 2.80. The number of piperidine rings is 1. The molecule has 2 rings (SSSR count). The van der Waals surface area contributed by atoms with Crippen LogP contribution in [0.5, 0.6) is 0 Å². The predicted molar refractivity (Wildman–Crippen MR) is 59.1 cm³/mol. The molecule has 1 aliphatic heterocycles. The molecule has 3 nitrogen and oxygen atoms in total. The molecule has 0 unspecified atom stereocenters. The summed E-state index contributed by atoms with van der Waals surface area (Å²) >= 11 is 5.73. The van der Waals surface area contributed by atoms with Crippen LogP contribution < -0.4 is 5.32 Å². The number of hydrogen-bond acceptors (Lipinski definition) is 3. The van der Waals surface area contributed by atoms with Gasteiger partial charge >= 0.3 is 0 Å². The lowest BCUT2D eigenvalue weighted by atomic mass is 9.95. The average Bonchev–Trinajstić information content (AvgIpc) is 2.19. The maximum Gasteiger partial charge on any atom is 0.222 e. The summed E-state index contributed by atoms with van der Waals surface area (Å²) in [7, 11) is 0. The molecular formula is C9H13Cl2N3. The van der Waals surface area contributed by atoms with Gasteiger partial charge in [0.25, 0.3) is 0 Å². The minimum atomic E-state index is 0. The Balaban J connectivity index is 0.000000980. The number of aromatic nitrogens is 2. The Morgan fingerprint density at radius 2 is 2.07 bits per heavy atom. The minimum Gasteiger partial charge on any atom is -0.317 e. The van der Waals surface area contributed by atoms with Crippen LogP contribution in [0.4, 0.5) is 0 Å². The third-order valence-electron chi connectivity index (χ3n) is 2.41. The van der Waals surface area contributed by atoms with Gasteiger partial charge in [-0.3, -0.25) is 0 Å². The fraction of sp³-hybridized carbons (Fsp3) is 0.556. The van der Waals surface area contributed by atoms with E-state index in [9.17, 15) is 0 Å². The van der Waals surface area contributed by atoms with E-state index in [1.54, 1.807) is 6.20 Å². The molecule has 0 amide bonds. The standard InChI is InChI=1S/C9H12ClN3.ClH/c10-9-12-6-3-8(13-9)7-1-4-11-5-2-7;/h3,6-7,11H,1-2,4-5H2;1H. The highest BCUT2D eigenvalue weighted by atomic mass is 35.5. The van der Waals surface area contributed by atoms with E-state index in [0.717, 1.165) is 31.6 Å². The van der Waals surface area contributed by atoms with Crippen LogP contribution >= 0.6 is 24.0 Å². The van der Waals surface area contributed by atoms with E-state index in [4.69, 9.17) is 11.6 Å². The molecule has 78 valence electrons. The van der Waals surface area contributed by atoms with E-state index < -0.39 is 0 Å². The molecule has 1 aromatic rings. The van der Waals surface area contributed by atoms with Gasteiger partial charge in [-0.25, -0.2) is 9.97 Å². The second-order valence-corrected chi connectivity index (χ2v) is 3.61. The van der Waals surface area contributed by atoms with Crippen molar-refractivity contribution < 1.29 is 0 Å². The fourth-order valence-corrected chi connectivity index (χ4v) is 1.85. The summed E-state index contributed by atoms with van der Waals surface area (Å²) in [6, 6.07) is 1.96. The van der Waals surface area contributed by atoms with E-state index in [2.05, 4.69) is 15.3 Å². The first-order valence-corrected chi connectivity index (χ1v) is 4.93. The van der Waals surface area contributed by atoms with E-state index in [-0.39, 0.29) is 12.4 Å².